The lowest BCUT2D eigenvalue weighted by Gasteiger charge is -2.16. The molecule has 0 aliphatic heterocycles. The smallest absolute Gasteiger partial charge is 0.197 e. The van der Waals surface area contributed by atoms with Crippen molar-refractivity contribution in [2.24, 2.45) is 0 Å². The van der Waals surface area contributed by atoms with E-state index in [2.05, 4.69) is 6.92 Å². The molecular formula is C25H34O3. The molecule has 1 unspecified atom stereocenters. The third-order valence-corrected chi connectivity index (χ3v) is 4.99. The first kappa shape index (κ1) is 22.2. The average Bonchev–Trinajstić information content (AvgIpc) is 2.73. The van der Waals surface area contributed by atoms with Crippen molar-refractivity contribution in [2.45, 2.75) is 77.4 Å². The number of aliphatic hydroxyl groups is 1. The molecule has 2 aromatic carbocycles. The third-order valence-electron chi connectivity index (χ3n) is 4.99. The zero-order valence-corrected chi connectivity index (χ0v) is 17.1. The van der Waals surface area contributed by atoms with Gasteiger partial charge in [-0.25, -0.2) is 0 Å². The predicted octanol–water partition coefficient (Wildman–Crippen LogP) is 6.54. The number of carbonyl (C=O) groups is 1. The third kappa shape index (κ3) is 7.85. The van der Waals surface area contributed by atoms with E-state index in [9.17, 15) is 9.90 Å². The SMILES string of the molecule is CCCCCCCCCCCC(O)Oc1ccccc1C(=O)c1ccccc1. The van der Waals surface area contributed by atoms with Crippen LogP contribution in [0, 0.1) is 0 Å². The molecule has 3 heteroatoms. The van der Waals surface area contributed by atoms with Crippen molar-refractivity contribution < 1.29 is 14.6 Å². The van der Waals surface area contributed by atoms with E-state index in [1.165, 1.54) is 44.9 Å². The molecule has 0 saturated heterocycles. The molecule has 0 bridgehead atoms. The van der Waals surface area contributed by atoms with E-state index in [1.54, 1.807) is 24.3 Å². The summed E-state index contributed by atoms with van der Waals surface area (Å²) in [4.78, 5) is 12.7. The van der Waals surface area contributed by atoms with E-state index in [-0.39, 0.29) is 5.78 Å². The summed E-state index contributed by atoms with van der Waals surface area (Å²) in [5.41, 5.74) is 1.10. The quantitative estimate of drug-likeness (QED) is 0.229. The first-order valence-electron chi connectivity index (χ1n) is 10.8. The van der Waals surface area contributed by atoms with Crippen molar-refractivity contribution in [3.8, 4) is 5.75 Å². The van der Waals surface area contributed by atoms with Gasteiger partial charge in [0.1, 0.15) is 5.75 Å². The van der Waals surface area contributed by atoms with Crippen LogP contribution in [0.25, 0.3) is 0 Å². The molecule has 0 saturated carbocycles. The molecular weight excluding hydrogens is 348 g/mol. The highest BCUT2D eigenvalue weighted by atomic mass is 16.6. The molecule has 0 aliphatic carbocycles. The van der Waals surface area contributed by atoms with Crippen molar-refractivity contribution in [3.05, 3.63) is 65.7 Å². The largest absolute Gasteiger partial charge is 0.464 e. The number of hydrogen-bond donors (Lipinski definition) is 1. The fourth-order valence-electron chi connectivity index (χ4n) is 3.34. The molecule has 2 rings (SSSR count). The summed E-state index contributed by atoms with van der Waals surface area (Å²) in [5, 5.41) is 10.2. The maximum Gasteiger partial charge on any atom is 0.197 e. The lowest BCUT2D eigenvalue weighted by molar-refractivity contribution is -0.0249. The van der Waals surface area contributed by atoms with Crippen molar-refractivity contribution >= 4 is 5.78 Å². The zero-order chi connectivity index (χ0) is 20.0. The van der Waals surface area contributed by atoms with Gasteiger partial charge in [-0.3, -0.25) is 4.79 Å². The minimum Gasteiger partial charge on any atom is -0.464 e. The monoisotopic (exact) mass is 382 g/mol. The van der Waals surface area contributed by atoms with Gasteiger partial charge in [-0.2, -0.15) is 0 Å². The topological polar surface area (TPSA) is 46.5 Å². The maximum absolute atomic E-state index is 12.7. The van der Waals surface area contributed by atoms with E-state index in [4.69, 9.17) is 4.74 Å². The van der Waals surface area contributed by atoms with Crippen LogP contribution in [0.4, 0.5) is 0 Å². The van der Waals surface area contributed by atoms with E-state index < -0.39 is 6.29 Å². The Morgan fingerprint density at radius 3 is 2.07 bits per heavy atom. The van der Waals surface area contributed by atoms with Crippen LogP contribution in [-0.4, -0.2) is 17.2 Å². The summed E-state index contributed by atoms with van der Waals surface area (Å²) in [6, 6.07) is 16.3. The Labute approximate surface area is 169 Å². The zero-order valence-electron chi connectivity index (χ0n) is 17.1. The van der Waals surface area contributed by atoms with Gasteiger partial charge in [0.05, 0.1) is 5.56 Å². The molecule has 3 nitrogen and oxygen atoms in total. The number of carbonyl (C=O) groups excluding carboxylic acids is 1. The number of aliphatic hydroxyl groups excluding tert-OH is 1. The van der Waals surface area contributed by atoms with Gasteiger partial charge in [-0.05, 0) is 18.6 Å². The van der Waals surface area contributed by atoms with Gasteiger partial charge in [-0.15, -0.1) is 0 Å². The minimum atomic E-state index is -0.880. The fraction of sp³-hybridized carbons (Fsp3) is 0.480. The van der Waals surface area contributed by atoms with Crippen LogP contribution in [0.5, 0.6) is 5.75 Å². The number of ketones is 1. The Morgan fingerprint density at radius 1 is 0.821 bits per heavy atom. The predicted molar refractivity (Wildman–Crippen MR) is 115 cm³/mol. The highest BCUT2D eigenvalue weighted by Crippen LogP contribution is 2.23. The number of hydrogen-bond acceptors (Lipinski definition) is 3. The van der Waals surface area contributed by atoms with Gasteiger partial charge in [-0.1, -0.05) is 101 Å². The molecule has 2 aromatic rings. The van der Waals surface area contributed by atoms with Crippen LogP contribution in [0.15, 0.2) is 54.6 Å². The molecule has 0 spiro atoms. The number of rotatable bonds is 14. The molecule has 0 radical (unpaired) electrons. The Hall–Kier alpha value is -2.13. The molecule has 0 aromatic heterocycles. The van der Waals surface area contributed by atoms with Crippen LogP contribution in [0.1, 0.15) is 87.1 Å². The summed E-state index contributed by atoms with van der Waals surface area (Å²) in [6.07, 6.45) is 10.9. The lowest BCUT2D eigenvalue weighted by atomic mass is 10.0. The summed E-state index contributed by atoms with van der Waals surface area (Å²) in [7, 11) is 0. The molecule has 0 fully saturated rings. The van der Waals surface area contributed by atoms with Gasteiger partial charge >= 0.3 is 0 Å². The van der Waals surface area contributed by atoms with Crippen molar-refractivity contribution in [2.75, 3.05) is 0 Å². The van der Waals surface area contributed by atoms with Crippen LogP contribution in [0.3, 0.4) is 0 Å². The Balaban J connectivity index is 1.74. The second-order valence-corrected chi connectivity index (χ2v) is 7.38. The molecule has 28 heavy (non-hydrogen) atoms. The van der Waals surface area contributed by atoms with Crippen LogP contribution < -0.4 is 4.74 Å². The van der Waals surface area contributed by atoms with Gasteiger partial charge in [0.15, 0.2) is 12.1 Å². The standard InChI is InChI=1S/C25H34O3/c1-2-3-4-5-6-7-8-9-13-20-24(26)28-23-19-15-14-18-22(23)25(27)21-16-11-10-12-17-21/h10-12,14-19,24,26H,2-9,13,20H2,1H3. The number of ether oxygens (including phenoxy) is 1. The highest BCUT2D eigenvalue weighted by molar-refractivity contribution is 6.10. The normalized spacial score (nSPS) is 11.9. The number of unbranched alkanes of at least 4 members (excludes halogenated alkanes) is 8. The maximum atomic E-state index is 12.7. The summed E-state index contributed by atoms with van der Waals surface area (Å²) in [6.45, 7) is 2.24. The lowest BCUT2D eigenvalue weighted by Crippen LogP contribution is -2.17. The first-order valence-corrected chi connectivity index (χ1v) is 10.8. The van der Waals surface area contributed by atoms with E-state index in [0.717, 1.165) is 12.8 Å². The second-order valence-electron chi connectivity index (χ2n) is 7.38. The van der Waals surface area contributed by atoms with Gasteiger partial charge in [0.25, 0.3) is 0 Å². The van der Waals surface area contributed by atoms with Gasteiger partial charge < -0.3 is 9.84 Å². The Kier molecular flexibility index (Phi) is 10.4. The molecule has 0 amide bonds. The molecule has 0 heterocycles. The summed E-state index contributed by atoms with van der Waals surface area (Å²) < 4.78 is 5.69. The summed E-state index contributed by atoms with van der Waals surface area (Å²) >= 11 is 0. The van der Waals surface area contributed by atoms with Crippen molar-refractivity contribution in [1.29, 1.82) is 0 Å². The van der Waals surface area contributed by atoms with E-state index >= 15 is 0 Å². The average molecular weight is 383 g/mol. The second kappa shape index (κ2) is 13.1. The number of benzene rings is 2. The molecule has 1 atom stereocenters. The molecule has 0 aliphatic rings. The van der Waals surface area contributed by atoms with Gasteiger partial charge in [0.2, 0.25) is 0 Å². The molecule has 152 valence electrons. The highest BCUT2D eigenvalue weighted by Gasteiger charge is 2.16. The Morgan fingerprint density at radius 2 is 1.39 bits per heavy atom. The van der Waals surface area contributed by atoms with E-state index in [1.807, 2.05) is 30.3 Å². The minimum absolute atomic E-state index is 0.0912. The fourth-order valence-corrected chi connectivity index (χ4v) is 3.34. The van der Waals surface area contributed by atoms with Crippen LogP contribution >= 0.6 is 0 Å². The van der Waals surface area contributed by atoms with Crippen molar-refractivity contribution in [1.82, 2.24) is 0 Å². The van der Waals surface area contributed by atoms with Crippen LogP contribution in [-0.2, 0) is 0 Å². The first-order chi connectivity index (χ1) is 13.7. The Bertz CT molecular complexity index is 681. The van der Waals surface area contributed by atoms with Crippen molar-refractivity contribution in [3.63, 3.8) is 0 Å². The molecule has 1 N–H and O–H groups in total. The van der Waals surface area contributed by atoms with Crippen LogP contribution in [0.2, 0.25) is 0 Å². The van der Waals surface area contributed by atoms with Gasteiger partial charge in [0, 0.05) is 12.0 Å². The van der Waals surface area contributed by atoms with E-state index in [0.29, 0.717) is 23.3 Å². The number of para-hydroxylation sites is 1. The summed E-state index contributed by atoms with van der Waals surface area (Å²) in [5.74, 6) is 0.353.